The molecular formula is C14H16IN3O. The van der Waals surface area contributed by atoms with E-state index < -0.39 is 0 Å². The molecule has 0 atom stereocenters. The predicted octanol–water partition coefficient (Wildman–Crippen LogP) is 3.24. The van der Waals surface area contributed by atoms with Gasteiger partial charge in [-0.05, 0) is 35.6 Å². The number of hydrogen-bond donors (Lipinski definition) is 1. The Hall–Kier alpha value is -1.21. The van der Waals surface area contributed by atoms with Crippen molar-refractivity contribution in [3.63, 3.8) is 0 Å². The van der Waals surface area contributed by atoms with E-state index >= 15 is 0 Å². The molecule has 1 heterocycles. The van der Waals surface area contributed by atoms with E-state index in [1.54, 1.807) is 7.11 Å². The van der Waals surface area contributed by atoms with Crippen LogP contribution in [0.3, 0.4) is 0 Å². The highest BCUT2D eigenvalue weighted by molar-refractivity contribution is 14.1. The van der Waals surface area contributed by atoms with Gasteiger partial charge in [0.25, 0.3) is 0 Å². The van der Waals surface area contributed by atoms with Crippen molar-refractivity contribution in [2.75, 3.05) is 19.5 Å². The molecule has 1 N–H and O–H groups in total. The minimum atomic E-state index is 0.480. The molecular weight excluding hydrogens is 353 g/mol. The van der Waals surface area contributed by atoms with Crippen LogP contribution in [0.25, 0.3) is 11.4 Å². The second-order valence-corrected chi connectivity index (χ2v) is 5.29. The average Bonchev–Trinajstić information content (AvgIpc) is 2.41. The molecule has 0 spiro atoms. The molecule has 19 heavy (non-hydrogen) atoms. The van der Waals surface area contributed by atoms with Crippen molar-refractivity contribution in [3.8, 4) is 11.4 Å². The van der Waals surface area contributed by atoms with E-state index in [1.807, 2.05) is 19.2 Å². The van der Waals surface area contributed by atoms with Crippen molar-refractivity contribution in [1.29, 1.82) is 0 Å². The molecule has 100 valence electrons. The average molecular weight is 369 g/mol. The van der Waals surface area contributed by atoms with Crippen LogP contribution in [0.4, 0.5) is 5.82 Å². The van der Waals surface area contributed by atoms with Gasteiger partial charge >= 0.3 is 0 Å². The number of aromatic nitrogens is 2. The Morgan fingerprint density at radius 3 is 2.74 bits per heavy atom. The van der Waals surface area contributed by atoms with Gasteiger partial charge in [-0.1, -0.05) is 23.8 Å². The van der Waals surface area contributed by atoms with Gasteiger partial charge in [0.1, 0.15) is 5.82 Å². The van der Waals surface area contributed by atoms with Crippen LogP contribution in [0.1, 0.15) is 11.3 Å². The molecule has 0 saturated heterocycles. The van der Waals surface area contributed by atoms with Crippen molar-refractivity contribution in [2.45, 2.75) is 13.5 Å². The summed E-state index contributed by atoms with van der Waals surface area (Å²) in [6, 6.07) is 8.18. The summed E-state index contributed by atoms with van der Waals surface area (Å²) in [5.41, 5.74) is 3.11. The largest absolute Gasteiger partial charge is 0.378 e. The number of hydrogen-bond acceptors (Lipinski definition) is 4. The Bertz CT molecular complexity index is 587. The molecule has 0 aliphatic rings. The molecule has 4 nitrogen and oxygen atoms in total. The Kier molecular flexibility index (Phi) is 4.71. The lowest BCUT2D eigenvalue weighted by Gasteiger charge is -2.11. The third-order valence-corrected chi connectivity index (χ3v) is 3.85. The molecule has 0 bridgehead atoms. The fraction of sp³-hybridized carbons (Fsp3) is 0.286. The maximum Gasteiger partial charge on any atom is 0.161 e. The summed E-state index contributed by atoms with van der Waals surface area (Å²) in [5, 5.41) is 3.10. The summed E-state index contributed by atoms with van der Waals surface area (Å²) in [5.74, 6) is 1.56. The summed E-state index contributed by atoms with van der Waals surface area (Å²) >= 11 is 2.24. The molecule has 5 heteroatoms. The van der Waals surface area contributed by atoms with E-state index in [0.717, 1.165) is 26.5 Å². The van der Waals surface area contributed by atoms with Gasteiger partial charge in [0, 0.05) is 19.7 Å². The maximum atomic E-state index is 5.20. The van der Waals surface area contributed by atoms with Crippen molar-refractivity contribution in [3.05, 3.63) is 39.1 Å². The minimum absolute atomic E-state index is 0.480. The summed E-state index contributed by atoms with van der Waals surface area (Å²) in [4.78, 5) is 9.16. The molecule has 2 aromatic rings. The van der Waals surface area contributed by atoms with E-state index in [4.69, 9.17) is 4.74 Å². The zero-order chi connectivity index (χ0) is 13.8. The molecule has 0 radical (unpaired) electrons. The smallest absolute Gasteiger partial charge is 0.161 e. The number of benzene rings is 1. The van der Waals surface area contributed by atoms with E-state index in [9.17, 15) is 0 Å². The standard InChI is InChI=1S/C14H16IN3O/c1-9-5-4-6-10(7-9)13-17-11(8-19-3)12(15)14(16-2)18-13/h4-7H,8H2,1-3H3,(H,16,17,18). The number of ether oxygens (including phenoxy) is 1. The number of rotatable bonds is 4. The second kappa shape index (κ2) is 6.29. The highest BCUT2D eigenvalue weighted by atomic mass is 127. The monoisotopic (exact) mass is 369 g/mol. The Morgan fingerprint density at radius 1 is 1.32 bits per heavy atom. The van der Waals surface area contributed by atoms with Crippen LogP contribution in [-0.2, 0) is 11.3 Å². The van der Waals surface area contributed by atoms with E-state index in [1.165, 1.54) is 5.56 Å². The van der Waals surface area contributed by atoms with Crippen LogP contribution in [0.15, 0.2) is 24.3 Å². The SMILES string of the molecule is CNc1nc(-c2cccc(C)c2)nc(COC)c1I. The lowest BCUT2D eigenvalue weighted by molar-refractivity contribution is 0.181. The van der Waals surface area contributed by atoms with Crippen LogP contribution < -0.4 is 5.32 Å². The van der Waals surface area contributed by atoms with Gasteiger partial charge in [0.2, 0.25) is 0 Å². The van der Waals surface area contributed by atoms with Gasteiger partial charge in [-0.25, -0.2) is 9.97 Å². The van der Waals surface area contributed by atoms with E-state index in [2.05, 4.69) is 56.9 Å². The summed E-state index contributed by atoms with van der Waals surface area (Å²) in [6.07, 6.45) is 0. The van der Waals surface area contributed by atoms with Crippen LogP contribution in [0, 0.1) is 10.5 Å². The molecule has 0 aliphatic heterocycles. The number of halogens is 1. The molecule has 2 rings (SSSR count). The van der Waals surface area contributed by atoms with Crippen LogP contribution >= 0.6 is 22.6 Å². The second-order valence-electron chi connectivity index (χ2n) is 4.21. The first kappa shape index (κ1) is 14.2. The van der Waals surface area contributed by atoms with E-state index in [-0.39, 0.29) is 0 Å². The van der Waals surface area contributed by atoms with Crippen molar-refractivity contribution in [2.24, 2.45) is 0 Å². The van der Waals surface area contributed by atoms with Crippen molar-refractivity contribution in [1.82, 2.24) is 9.97 Å². The summed E-state index contributed by atoms with van der Waals surface area (Å²) in [7, 11) is 3.53. The number of nitrogens with one attached hydrogen (secondary N) is 1. The van der Waals surface area contributed by atoms with Crippen molar-refractivity contribution < 1.29 is 4.74 Å². The predicted molar refractivity (Wildman–Crippen MR) is 85.2 cm³/mol. The van der Waals surface area contributed by atoms with Crippen LogP contribution in [-0.4, -0.2) is 24.1 Å². The van der Waals surface area contributed by atoms with Gasteiger partial charge in [-0.3, -0.25) is 0 Å². The molecule has 0 unspecified atom stereocenters. The summed E-state index contributed by atoms with van der Waals surface area (Å²) in [6.45, 7) is 2.54. The summed E-state index contributed by atoms with van der Waals surface area (Å²) < 4.78 is 6.20. The van der Waals surface area contributed by atoms with Crippen LogP contribution in [0.2, 0.25) is 0 Å². The first-order chi connectivity index (χ1) is 9.15. The lowest BCUT2D eigenvalue weighted by atomic mass is 10.1. The Morgan fingerprint density at radius 2 is 2.11 bits per heavy atom. The van der Waals surface area contributed by atoms with Crippen LogP contribution in [0.5, 0.6) is 0 Å². The quantitative estimate of drug-likeness (QED) is 0.841. The highest BCUT2D eigenvalue weighted by Gasteiger charge is 2.12. The number of methoxy groups -OCH3 is 1. The van der Waals surface area contributed by atoms with E-state index in [0.29, 0.717) is 6.61 Å². The molecule has 0 saturated carbocycles. The molecule has 0 amide bonds. The van der Waals surface area contributed by atoms with Gasteiger partial charge < -0.3 is 10.1 Å². The fourth-order valence-electron chi connectivity index (χ4n) is 1.80. The maximum absolute atomic E-state index is 5.20. The number of aryl methyl sites for hydroxylation is 1. The van der Waals surface area contributed by atoms with Gasteiger partial charge in [0.15, 0.2) is 5.82 Å². The minimum Gasteiger partial charge on any atom is -0.378 e. The highest BCUT2D eigenvalue weighted by Crippen LogP contribution is 2.24. The lowest BCUT2D eigenvalue weighted by Crippen LogP contribution is -2.06. The number of anilines is 1. The molecule has 0 fully saturated rings. The third-order valence-electron chi connectivity index (χ3n) is 2.71. The zero-order valence-corrected chi connectivity index (χ0v) is 13.4. The van der Waals surface area contributed by atoms with Crippen molar-refractivity contribution >= 4 is 28.4 Å². The third kappa shape index (κ3) is 3.22. The number of nitrogens with zero attached hydrogens (tertiary/aromatic N) is 2. The first-order valence-corrected chi connectivity index (χ1v) is 7.03. The Balaban J connectivity index is 2.54. The Labute approximate surface area is 126 Å². The first-order valence-electron chi connectivity index (χ1n) is 5.96. The van der Waals surface area contributed by atoms with Gasteiger partial charge in [-0.15, -0.1) is 0 Å². The molecule has 1 aromatic heterocycles. The topological polar surface area (TPSA) is 47.0 Å². The van der Waals surface area contributed by atoms with Gasteiger partial charge in [0.05, 0.1) is 15.9 Å². The van der Waals surface area contributed by atoms with Gasteiger partial charge in [-0.2, -0.15) is 0 Å². The fourth-order valence-corrected chi connectivity index (χ4v) is 2.47. The zero-order valence-electron chi connectivity index (χ0n) is 11.2. The molecule has 1 aromatic carbocycles. The normalized spacial score (nSPS) is 10.5. The molecule has 0 aliphatic carbocycles.